The van der Waals surface area contributed by atoms with Crippen LogP contribution in [0.15, 0.2) is 12.3 Å². The molecule has 4 heteroatoms. The van der Waals surface area contributed by atoms with Gasteiger partial charge in [-0.3, -0.25) is 0 Å². The molecule has 3 nitrogen and oxygen atoms in total. The second-order valence-corrected chi connectivity index (χ2v) is 3.51. The molecular weight excluding hydrogens is 169 g/mol. The van der Waals surface area contributed by atoms with Gasteiger partial charge in [0.2, 0.25) is 0 Å². The number of hydrogen-bond donors (Lipinski definition) is 2. The average molecular weight is 181 g/mol. The van der Waals surface area contributed by atoms with Crippen molar-refractivity contribution in [3.05, 3.63) is 23.4 Å². The molecule has 3 N–H and O–H groups in total. The van der Waals surface area contributed by atoms with Gasteiger partial charge in [0, 0.05) is 24.8 Å². The van der Waals surface area contributed by atoms with Gasteiger partial charge in [-0.25, -0.2) is 9.37 Å². The summed E-state index contributed by atoms with van der Waals surface area (Å²) in [6, 6.07) is 1.77. The molecular formula is C9H12FN3. The van der Waals surface area contributed by atoms with Crippen LogP contribution in [0.25, 0.3) is 0 Å². The Morgan fingerprint density at radius 1 is 1.62 bits per heavy atom. The van der Waals surface area contributed by atoms with E-state index in [0.717, 1.165) is 5.56 Å². The Labute approximate surface area is 76.2 Å². The molecule has 0 unspecified atom stereocenters. The first-order chi connectivity index (χ1) is 6.12. The maximum Gasteiger partial charge on any atom is 0.164 e. The summed E-state index contributed by atoms with van der Waals surface area (Å²) in [7, 11) is 0. The van der Waals surface area contributed by atoms with E-state index in [2.05, 4.69) is 10.3 Å². The number of alkyl halides is 1. The third-order valence-corrected chi connectivity index (χ3v) is 2.35. The smallest absolute Gasteiger partial charge is 0.164 e. The zero-order chi connectivity index (χ0) is 9.47. The van der Waals surface area contributed by atoms with Crippen LogP contribution < -0.4 is 11.1 Å². The van der Waals surface area contributed by atoms with Crippen LogP contribution in [-0.2, 0) is 5.67 Å². The van der Waals surface area contributed by atoms with Crippen LogP contribution in [0.1, 0.15) is 11.1 Å². The highest BCUT2D eigenvalue weighted by Crippen LogP contribution is 2.33. The van der Waals surface area contributed by atoms with Crippen LogP contribution in [0, 0.1) is 6.92 Å². The van der Waals surface area contributed by atoms with Gasteiger partial charge in [0.15, 0.2) is 5.67 Å². The van der Waals surface area contributed by atoms with Gasteiger partial charge in [0.05, 0.1) is 0 Å². The fourth-order valence-electron chi connectivity index (χ4n) is 1.47. The lowest BCUT2D eigenvalue weighted by molar-refractivity contribution is 0.0896. The molecule has 1 fully saturated rings. The molecule has 2 rings (SSSR count). The number of anilines is 1. The predicted molar refractivity (Wildman–Crippen MR) is 49.0 cm³/mol. The SMILES string of the molecule is Cc1cnc(N)c(C2(F)CNC2)c1. The van der Waals surface area contributed by atoms with Gasteiger partial charge >= 0.3 is 0 Å². The minimum absolute atomic E-state index is 0.301. The summed E-state index contributed by atoms with van der Waals surface area (Å²) >= 11 is 0. The number of nitrogens with one attached hydrogen (secondary N) is 1. The molecule has 1 aromatic rings. The number of aromatic nitrogens is 1. The van der Waals surface area contributed by atoms with Crippen molar-refractivity contribution in [2.75, 3.05) is 18.8 Å². The fraction of sp³-hybridized carbons (Fsp3) is 0.444. The van der Waals surface area contributed by atoms with E-state index in [1.807, 2.05) is 6.92 Å². The number of halogens is 1. The summed E-state index contributed by atoms with van der Waals surface area (Å²) in [6.45, 7) is 2.55. The van der Waals surface area contributed by atoms with Gasteiger partial charge in [-0.1, -0.05) is 0 Å². The van der Waals surface area contributed by atoms with Crippen LogP contribution in [0.5, 0.6) is 0 Å². The lowest BCUT2D eigenvalue weighted by Crippen LogP contribution is -2.54. The molecule has 0 radical (unpaired) electrons. The van der Waals surface area contributed by atoms with Crippen molar-refractivity contribution in [2.45, 2.75) is 12.6 Å². The number of aryl methyl sites for hydroxylation is 1. The van der Waals surface area contributed by atoms with Gasteiger partial charge in [-0.15, -0.1) is 0 Å². The number of nitrogens with zero attached hydrogens (tertiary/aromatic N) is 1. The number of nitrogens with two attached hydrogens (primary N) is 1. The van der Waals surface area contributed by atoms with E-state index in [0.29, 0.717) is 24.5 Å². The highest BCUT2D eigenvalue weighted by molar-refractivity contribution is 5.46. The first kappa shape index (κ1) is 8.44. The van der Waals surface area contributed by atoms with Gasteiger partial charge < -0.3 is 11.1 Å². The Kier molecular flexibility index (Phi) is 1.73. The summed E-state index contributed by atoms with van der Waals surface area (Å²) < 4.78 is 13.9. The number of nitrogen functional groups attached to an aromatic ring is 1. The second-order valence-electron chi connectivity index (χ2n) is 3.51. The first-order valence-electron chi connectivity index (χ1n) is 4.24. The summed E-state index contributed by atoms with van der Waals surface area (Å²) in [6.07, 6.45) is 1.65. The minimum atomic E-state index is -1.30. The Morgan fingerprint density at radius 2 is 2.31 bits per heavy atom. The van der Waals surface area contributed by atoms with Crippen molar-refractivity contribution >= 4 is 5.82 Å². The van der Waals surface area contributed by atoms with Crippen molar-refractivity contribution in [1.82, 2.24) is 10.3 Å². The highest BCUT2D eigenvalue weighted by Gasteiger charge is 2.40. The van der Waals surface area contributed by atoms with Crippen LogP contribution in [0.4, 0.5) is 10.2 Å². The number of rotatable bonds is 1. The molecule has 0 spiro atoms. The molecule has 2 heterocycles. The van der Waals surface area contributed by atoms with E-state index in [1.54, 1.807) is 12.3 Å². The standard InChI is InChI=1S/C9H12FN3/c1-6-2-7(8(11)13-3-6)9(10)4-12-5-9/h2-3,12H,4-5H2,1H3,(H2,11,13). The second kappa shape index (κ2) is 2.67. The van der Waals surface area contributed by atoms with E-state index >= 15 is 0 Å². The van der Waals surface area contributed by atoms with E-state index in [-0.39, 0.29) is 0 Å². The van der Waals surface area contributed by atoms with Gasteiger partial charge in [0.25, 0.3) is 0 Å². The number of pyridine rings is 1. The molecule has 1 aliphatic heterocycles. The van der Waals surface area contributed by atoms with Crippen molar-refractivity contribution in [1.29, 1.82) is 0 Å². The molecule has 0 aliphatic carbocycles. The molecule has 1 aromatic heterocycles. The monoisotopic (exact) mass is 181 g/mol. The Morgan fingerprint density at radius 3 is 2.85 bits per heavy atom. The van der Waals surface area contributed by atoms with E-state index in [9.17, 15) is 4.39 Å². The molecule has 0 atom stereocenters. The quantitative estimate of drug-likeness (QED) is 0.672. The zero-order valence-electron chi connectivity index (χ0n) is 7.47. The van der Waals surface area contributed by atoms with Crippen molar-refractivity contribution in [3.63, 3.8) is 0 Å². The normalized spacial score (nSPS) is 19.5. The topological polar surface area (TPSA) is 50.9 Å². The third kappa shape index (κ3) is 1.27. The maximum absolute atomic E-state index is 13.9. The summed E-state index contributed by atoms with van der Waals surface area (Å²) in [5.74, 6) is 0.301. The van der Waals surface area contributed by atoms with Gasteiger partial charge in [0.1, 0.15) is 5.82 Å². The molecule has 1 aliphatic rings. The fourth-order valence-corrected chi connectivity index (χ4v) is 1.47. The lowest BCUT2D eigenvalue weighted by atomic mass is 9.90. The Hall–Kier alpha value is -1.16. The Balaban J connectivity index is 2.43. The summed E-state index contributed by atoms with van der Waals surface area (Å²) in [5.41, 5.74) is 5.76. The average Bonchev–Trinajstić information content (AvgIpc) is 2.05. The van der Waals surface area contributed by atoms with E-state index in [1.165, 1.54) is 0 Å². The summed E-state index contributed by atoms with van der Waals surface area (Å²) in [5, 5.41) is 2.89. The first-order valence-corrected chi connectivity index (χ1v) is 4.24. The largest absolute Gasteiger partial charge is 0.383 e. The molecule has 0 saturated carbocycles. The third-order valence-electron chi connectivity index (χ3n) is 2.35. The van der Waals surface area contributed by atoms with Gasteiger partial charge in [-0.2, -0.15) is 0 Å². The maximum atomic E-state index is 13.9. The van der Waals surface area contributed by atoms with Crippen LogP contribution >= 0.6 is 0 Å². The molecule has 0 aromatic carbocycles. The summed E-state index contributed by atoms with van der Waals surface area (Å²) in [4.78, 5) is 3.94. The van der Waals surface area contributed by atoms with E-state index < -0.39 is 5.67 Å². The van der Waals surface area contributed by atoms with Crippen molar-refractivity contribution in [2.24, 2.45) is 0 Å². The Bertz CT molecular complexity index is 334. The lowest BCUT2D eigenvalue weighted by Gasteiger charge is -2.35. The van der Waals surface area contributed by atoms with Crippen LogP contribution in [0.2, 0.25) is 0 Å². The molecule has 1 saturated heterocycles. The van der Waals surface area contributed by atoms with Crippen LogP contribution in [0.3, 0.4) is 0 Å². The highest BCUT2D eigenvalue weighted by atomic mass is 19.1. The van der Waals surface area contributed by atoms with Crippen LogP contribution in [-0.4, -0.2) is 18.1 Å². The van der Waals surface area contributed by atoms with Crippen molar-refractivity contribution < 1.29 is 4.39 Å². The van der Waals surface area contributed by atoms with Crippen molar-refractivity contribution in [3.8, 4) is 0 Å². The minimum Gasteiger partial charge on any atom is -0.383 e. The molecule has 0 bridgehead atoms. The molecule has 70 valence electrons. The van der Waals surface area contributed by atoms with Gasteiger partial charge in [-0.05, 0) is 18.6 Å². The molecule has 0 amide bonds. The predicted octanol–water partition coefficient (Wildman–Crippen LogP) is 0.740. The van der Waals surface area contributed by atoms with E-state index in [4.69, 9.17) is 5.73 Å². The zero-order valence-corrected chi connectivity index (χ0v) is 7.47. The molecule has 13 heavy (non-hydrogen) atoms. The number of hydrogen-bond acceptors (Lipinski definition) is 3.